The zero-order chi connectivity index (χ0) is 14.4. The number of amides is 1. The Hall–Kier alpha value is -1.10. The van der Waals surface area contributed by atoms with Gasteiger partial charge in [0.1, 0.15) is 6.04 Å². The number of carbonyl (C=O) groups excluding carboxylic acids is 1. The third-order valence-electron chi connectivity index (χ3n) is 3.58. The summed E-state index contributed by atoms with van der Waals surface area (Å²) in [5, 5.41) is 11.7. The molecule has 1 atom stereocenters. The van der Waals surface area contributed by atoms with E-state index in [4.69, 9.17) is 5.11 Å². The van der Waals surface area contributed by atoms with Gasteiger partial charge in [0.15, 0.2) is 0 Å². The molecule has 0 unspecified atom stereocenters. The molecule has 1 fully saturated rings. The molecule has 0 aliphatic carbocycles. The summed E-state index contributed by atoms with van der Waals surface area (Å²) in [6, 6.07) is -0.767. The van der Waals surface area contributed by atoms with Crippen LogP contribution in [0.1, 0.15) is 40.0 Å². The van der Waals surface area contributed by atoms with Crippen molar-refractivity contribution in [3.8, 4) is 0 Å². The highest BCUT2D eigenvalue weighted by Gasteiger charge is 2.23. The molecule has 0 radical (unpaired) electrons. The van der Waals surface area contributed by atoms with Crippen LogP contribution in [0.3, 0.4) is 0 Å². The first-order valence-electron chi connectivity index (χ1n) is 7.13. The van der Waals surface area contributed by atoms with Crippen LogP contribution in [0.15, 0.2) is 0 Å². The lowest BCUT2D eigenvalue weighted by Crippen LogP contribution is -2.47. The quantitative estimate of drug-likeness (QED) is 0.764. The summed E-state index contributed by atoms with van der Waals surface area (Å²) in [7, 11) is 0. The molecule has 0 bridgehead atoms. The number of hydrogen-bond acceptors (Lipinski definition) is 3. The molecular weight excluding hydrogens is 244 g/mol. The number of carboxylic acid groups (broad SMARTS) is 1. The fraction of sp³-hybridized carbons (Fsp3) is 0.857. The molecule has 1 amide bonds. The van der Waals surface area contributed by atoms with Crippen LogP contribution in [-0.4, -0.2) is 47.6 Å². The predicted molar refractivity (Wildman–Crippen MR) is 73.9 cm³/mol. The second kappa shape index (κ2) is 7.48. The Morgan fingerprint density at radius 1 is 1.32 bits per heavy atom. The zero-order valence-electron chi connectivity index (χ0n) is 12.2. The predicted octanol–water partition coefficient (Wildman–Crippen LogP) is 1.33. The van der Waals surface area contributed by atoms with Gasteiger partial charge in [-0.15, -0.1) is 0 Å². The molecule has 2 N–H and O–H groups in total. The first-order chi connectivity index (χ1) is 8.88. The summed E-state index contributed by atoms with van der Waals surface area (Å²) in [5.74, 6) is -0.152. The third-order valence-corrected chi connectivity index (χ3v) is 3.58. The highest BCUT2D eigenvalue weighted by atomic mass is 16.4. The third kappa shape index (κ3) is 6.05. The van der Waals surface area contributed by atoms with Crippen LogP contribution in [0.4, 0.5) is 0 Å². The van der Waals surface area contributed by atoms with Crippen LogP contribution in [-0.2, 0) is 9.59 Å². The Balaban J connectivity index is 2.38. The Kier molecular flexibility index (Phi) is 6.28. The maximum absolute atomic E-state index is 11.9. The SMILES string of the molecule is CC(C)C[C@H](NC(=O)CN1CCC(C)CC1)C(=O)O. The topological polar surface area (TPSA) is 69.6 Å². The number of hydrogen-bond donors (Lipinski definition) is 2. The lowest BCUT2D eigenvalue weighted by molar-refractivity contribution is -0.142. The molecule has 0 aromatic rings. The van der Waals surface area contributed by atoms with Gasteiger partial charge in [-0.1, -0.05) is 20.8 Å². The van der Waals surface area contributed by atoms with Crippen LogP contribution in [0, 0.1) is 11.8 Å². The van der Waals surface area contributed by atoms with Crippen LogP contribution >= 0.6 is 0 Å². The maximum atomic E-state index is 11.9. The number of nitrogens with one attached hydrogen (secondary N) is 1. The minimum absolute atomic E-state index is 0.178. The summed E-state index contributed by atoms with van der Waals surface area (Å²) >= 11 is 0. The molecule has 1 heterocycles. The highest BCUT2D eigenvalue weighted by Crippen LogP contribution is 2.15. The van der Waals surface area contributed by atoms with Gasteiger partial charge in [0.25, 0.3) is 0 Å². The van der Waals surface area contributed by atoms with Gasteiger partial charge in [0.05, 0.1) is 6.54 Å². The van der Waals surface area contributed by atoms with Gasteiger partial charge in [-0.3, -0.25) is 9.69 Å². The van der Waals surface area contributed by atoms with Crippen molar-refractivity contribution < 1.29 is 14.7 Å². The summed E-state index contributed by atoms with van der Waals surface area (Å²) in [6.07, 6.45) is 2.70. The molecule has 0 aromatic carbocycles. The highest BCUT2D eigenvalue weighted by molar-refractivity contribution is 5.84. The van der Waals surface area contributed by atoms with Crippen LogP contribution < -0.4 is 5.32 Å². The second-order valence-corrected chi connectivity index (χ2v) is 6.05. The van der Waals surface area contributed by atoms with Crippen LogP contribution in [0.5, 0.6) is 0 Å². The number of rotatable bonds is 6. The van der Waals surface area contributed by atoms with Crippen molar-refractivity contribution >= 4 is 11.9 Å². The van der Waals surface area contributed by atoms with E-state index in [0.29, 0.717) is 13.0 Å². The number of carboxylic acids is 1. The van der Waals surface area contributed by atoms with E-state index in [-0.39, 0.29) is 11.8 Å². The van der Waals surface area contributed by atoms with Gasteiger partial charge in [-0.2, -0.15) is 0 Å². The molecule has 110 valence electrons. The molecular formula is C14H26N2O3. The Bertz CT molecular complexity index is 310. The van der Waals surface area contributed by atoms with Gasteiger partial charge in [-0.25, -0.2) is 4.79 Å². The largest absolute Gasteiger partial charge is 0.480 e. The van der Waals surface area contributed by atoms with E-state index in [2.05, 4.69) is 17.1 Å². The standard InChI is InChI=1S/C14H26N2O3/c1-10(2)8-12(14(18)19)15-13(17)9-16-6-4-11(3)5-7-16/h10-12H,4-9H2,1-3H3,(H,15,17)(H,18,19)/t12-/m0/s1. The van der Waals surface area contributed by atoms with E-state index in [0.717, 1.165) is 31.8 Å². The van der Waals surface area contributed by atoms with E-state index in [1.807, 2.05) is 13.8 Å². The van der Waals surface area contributed by atoms with Gasteiger partial charge >= 0.3 is 5.97 Å². The van der Waals surface area contributed by atoms with Crippen molar-refractivity contribution in [2.24, 2.45) is 11.8 Å². The average molecular weight is 270 g/mol. The number of nitrogens with zero attached hydrogens (tertiary/aromatic N) is 1. The van der Waals surface area contributed by atoms with Gasteiger partial charge in [-0.05, 0) is 44.2 Å². The van der Waals surface area contributed by atoms with Crippen LogP contribution in [0.25, 0.3) is 0 Å². The van der Waals surface area contributed by atoms with Crippen molar-refractivity contribution in [3.05, 3.63) is 0 Å². The van der Waals surface area contributed by atoms with Crippen molar-refractivity contribution in [2.45, 2.75) is 46.1 Å². The average Bonchev–Trinajstić information content (AvgIpc) is 2.30. The molecule has 0 aromatic heterocycles. The summed E-state index contributed by atoms with van der Waals surface area (Å²) in [5.41, 5.74) is 0. The molecule has 5 nitrogen and oxygen atoms in total. The molecule has 19 heavy (non-hydrogen) atoms. The smallest absolute Gasteiger partial charge is 0.326 e. The monoisotopic (exact) mass is 270 g/mol. The Morgan fingerprint density at radius 3 is 2.37 bits per heavy atom. The molecule has 1 aliphatic heterocycles. The minimum atomic E-state index is -0.950. The van der Waals surface area contributed by atoms with Gasteiger partial charge in [0.2, 0.25) is 5.91 Å². The Labute approximate surface area is 115 Å². The van der Waals surface area contributed by atoms with Crippen molar-refractivity contribution in [1.29, 1.82) is 0 Å². The fourth-order valence-corrected chi connectivity index (χ4v) is 2.36. The Morgan fingerprint density at radius 2 is 1.89 bits per heavy atom. The van der Waals surface area contributed by atoms with Crippen molar-refractivity contribution in [1.82, 2.24) is 10.2 Å². The number of aliphatic carboxylic acids is 1. The summed E-state index contributed by atoms with van der Waals surface area (Å²) in [6.45, 7) is 8.30. The molecule has 1 rings (SSSR count). The second-order valence-electron chi connectivity index (χ2n) is 6.05. The summed E-state index contributed by atoms with van der Waals surface area (Å²) < 4.78 is 0. The first kappa shape index (κ1) is 16.0. The van der Waals surface area contributed by atoms with Crippen molar-refractivity contribution in [2.75, 3.05) is 19.6 Å². The van der Waals surface area contributed by atoms with E-state index in [1.54, 1.807) is 0 Å². The molecule has 5 heteroatoms. The number of carbonyl (C=O) groups is 2. The zero-order valence-corrected chi connectivity index (χ0v) is 12.2. The first-order valence-corrected chi connectivity index (χ1v) is 7.13. The molecule has 0 spiro atoms. The molecule has 1 saturated heterocycles. The molecule has 1 aliphatic rings. The van der Waals surface area contributed by atoms with E-state index < -0.39 is 12.0 Å². The van der Waals surface area contributed by atoms with Crippen molar-refractivity contribution in [3.63, 3.8) is 0 Å². The number of piperidine rings is 1. The lowest BCUT2D eigenvalue weighted by Gasteiger charge is -2.30. The maximum Gasteiger partial charge on any atom is 0.326 e. The number of likely N-dealkylation sites (tertiary alicyclic amines) is 1. The fourth-order valence-electron chi connectivity index (χ4n) is 2.36. The van der Waals surface area contributed by atoms with Crippen LogP contribution in [0.2, 0.25) is 0 Å². The summed E-state index contributed by atoms with van der Waals surface area (Å²) in [4.78, 5) is 25.1. The van der Waals surface area contributed by atoms with Gasteiger partial charge < -0.3 is 10.4 Å². The van der Waals surface area contributed by atoms with E-state index in [1.165, 1.54) is 0 Å². The molecule has 0 saturated carbocycles. The lowest BCUT2D eigenvalue weighted by atomic mass is 9.99. The minimum Gasteiger partial charge on any atom is -0.480 e. The van der Waals surface area contributed by atoms with E-state index in [9.17, 15) is 9.59 Å². The van der Waals surface area contributed by atoms with Gasteiger partial charge in [0, 0.05) is 0 Å². The van der Waals surface area contributed by atoms with E-state index >= 15 is 0 Å². The normalized spacial score (nSPS) is 19.4.